The van der Waals surface area contributed by atoms with E-state index in [9.17, 15) is 0 Å². The molecule has 0 saturated carbocycles. The second-order valence-corrected chi connectivity index (χ2v) is 4.45. The lowest BCUT2D eigenvalue weighted by Gasteiger charge is -2.16. The van der Waals surface area contributed by atoms with Gasteiger partial charge in [0, 0.05) is 24.4 Å². The summed E-state index contributed by atoms with van der Waals surface area (Å²) in [5, 5.41) is 4.58. The molecule has 0 fully saturated rings. The van der Waals surface area contributed by atoms with Gasteiger partial charge in [-0.05, 0) is 16.8 Å². The Bertz CT molecular complexity index is 447. The number of nitrogens with two attached hydrogens (primary N) is 1. The normalized spacial score (nSPS) is 12.4. The molecule has 0 aliphatic carbocycles. The highest BCUT2D eigenvalue weighted by atomic mass is 35.5. The van der Waals surface area contributed by atoms with Crippen LogP contribution in [0.25, 0.3) is 0 Å². The standard InChI is InChI=1S/C11H11ClN2OS/c12-9-3-10(6-14-5-9)15-11(4-13)8-1-2-16-7-8/h1-3,5-7,11H,4,13H2. The number of rotatable bonds is 4. The predicted molar refractivity (Wildman–Crippen MR) is 66.0 cm³/mol. The maximum atomic E-state index is 5.82. The van der Waals surface area contributed by atoms with Crippen molar-refractivity contribution in [3.05, 3.63) is 45.9 Å². The van der Waals surface area contributed by atoms with Crippen LogP contribution in [0.15, 0.2) is 35.3 Å². The quantitative estimate of drug-likeness (QED) is 0.913. The molecule has 0 radical (unpaired) electrons. The highest BCUT2D eigenvalue weighted by Crippen LogP contribution is 2.24. The summed E-state index contributed by atoms with van der Waals surface area (Å²) in [5.41, 5.74) is 6.75. The largest absolute Gasteiger partial charge is 0.483 e. The zero-order valence-electron chi connectivity index (χ0n) is 8.47. The summed E-state index contributed by atoms with van der Waals surface area (Å²) in [5.74, 6) is 0.633. The van der Waals surface area contributed by atoms with Gasteiger partial charge in [0.05, 0.1) is 11.2 Å². The minimum absolute atomic E-state index is 0.147. The van der Waals surface area contributed by atoms with E-state index in [0.717, 1.165) is 5.56 Å². The van der Waals surface area contributed by atoms with Crippen molar-refractivity contribution in [1.29, 1.82) is 0 Å². The van der Waals surface area contributed by atoms with Crippen molar-refractivity contribution < 1.29 is 4.74 Å². The molecular formula is C11H11ClN2OS. The van der Waals surface area contributed by atoms with E-state index < -0.39 is 0 Å². The Hall–Kier alpha value is -1.10. The van der Waals surface area contributed by atoms with Crippen LogP contribution < -0.4 is 10.5 Å². The Morgan fingerprint density at radius 2 is 2.38 bits per heavy atom. The van der Waals surface area contributed by atoms with Crippen LogP contribution >= 0.6 is 22.9 Å². The first kappa shape index (κ1) is 11.4. The number of hydrogen-bond donors (Lipinski definition) is 1. The number of pyridine rings is 1. The number of nitrogens with zero attached hydrogens (tertiary/aromatic N) is 1. The Morgan fingerprint density at radius 1 is 1.50 bits per heavy atom. The van der Waals surface area contributed by atoms with Gasteiger partial charge < -0.3 is 10.5 Å². The molecule has 0 saturated heterocycles. The molecule has 1 atom stereocenters. The van der Waals surface area contributed by atoms with Gasteiger partial charge in [-0.15, -0.1) is 0 Å². The number of halogens is 1. The number of thiophene rings is 1. The lowest BCUT2D eigenvalue weighted by atomic mass is 10.2. The van der Waals surface area contributed by atoms with Gasteiger partial charge in [-0.1, -0.05) is 11.6 Å². The first-order valence-corrected chi connectivity index (χ1v) is 6.11. The van der Waals surface area contributed by atoms with E-state index in [2.05, 4.69) is 4.98 Å². The Labute approximate surface area is 103 Å². The topological polar surface area (TPSA) is 48.1 Å². The van der Waals surface area contributed by atoms with Gasteiger partial charge in [0.2, 0.25) is 0 Å². The minimum atomic E-state index is -0.147. The summed E-state index contributed by atoms with van der Waals surface area (Å²) in [6, 6.07) is 3.73. The maximum Gasteiger partial charge on any atom is 0.140 e. The molecule has 1 unspecified atom stereocenters. The molecule has 5 heteroatoms. The van der Waals surface area contributed by atoms with Crippen LogP contribution in [-0.4, -0.2) is 11.5 Å². The number of hydrogen-bond acceptors (Lipinski definition) is 4. The zero-order valence-corrected chi connectivity index (χ0v) is 10.0. The summed E-state index contributed by atoms with van der Waals surface area (Å²) >= 11 is 7.44. The van der Waals surface area contributed by atoms with Crippen LogP contribution in [0, 0.1) is 0 Å². The summed E-state index contributed by atoms with van der Waals surface area (Å²) in [6.45, 7) is 0.420. The molecular weight excluding hydrogens is 244 g/mol. The van der Waals surface area contributed by atoms with Crippen LogP contribution in [0.5, 0.6) is 5.75 Å². The molecule has 2 heterocycles. The first-order valence-electron chi connectivity index (χ1n) is 4.79. The molecule has 84 valence electrons. The van der Waals surface area contributed by atoms with Gasteiger partial charge in [0.25, 0.3) is 0 Å². The smallest absolute Gasteiger partial charge is 0.140 e. The van der Waals surface area contributed by atoms with E-state index in [-0.39, 0.29) is 6.10 Å². The lowest BCUT2D eigenvalue weighted by molar-refractivity contribution is 0.214. The van der Waals surface area contributed by atoms with E-state index in [1.807, 2.05) is 16.8 Å². The zero-order chi connectivity index (χ0) is 11.4. The van der Waals surface area contributed by atoms with Crippen LogP contribution in [0.4, 0.5) is 0 Å². The Morgan fingerprint density at radius 3 is 3.00 bits per heavy atom. The van der Waals surface area contributed by atoms with Crippen LogP contribution in [0.2, 0.25) is 5.02 Å². The third-order valence-electron chi connectivity index (χ3n) is 2.09. The highest BCUT2D eigenvalue weighted by Gasteiger charge is 2.12. The SMILES string of the molecule is NCC(Oc1cncc(Cl)c1)c1ccsc1. The lowest BCUT2D eigenvalue weighted by Crippen LogP contribution is -2.17. The highest BCUT2D eigenvalue weighted by molar-refractivity contribution is 7.07. The van der Waals surface area contributed by atoms with Gasteiger partial charge in [0.1, 0.15) is 11.9 Å². The van der Waals surface area contributed by atoms with E-state index in [0.29, 0.717) is 17.3 Å². The molecule has 0 bridgehead atoms. The molecule has 0 aliphatic rings. The third-order valence-corrected chi connectivity index (χ3v) is 3.00. The average molecular weight is 255 g/mol. The molecule has 2 rings (SSSR count). The fourth-order valence-electron chi connectivity index (χ4n) is 1.33. The van der Waals surface area contributed by atoms with Crippen molar-refractivity contribution in [3.63, 3.8) is 0 Å². The van der Waals surface area contributed by atoms with Crippen molar-refractivity contribution in [2.75, 3.05) is 6.54 Å². The summed E-state index contributed by atoms with van der Waals surface area (Å²) in [7, 11) is 0. The first-order chi connectivity index (χ1) is 7.79. The summed E-state index contributed by atoms with van der Waals surface area (Å²) < 4.78 is 5.72. The van der Waals surface area contributed by atoms with Gasteiger partial charge in [-0.2, -0.15) is 11.3 Å². The molecule has 0 spiro atoms. The molecule has 2 aromatic heterocycles. The molecule has 16 heavy (non-hydrogen) atoms. The molecule has 2 N–H and O–H groups in total. The van der Waals surface area contributed by atoms with Crippen molar-refractivity contribution >= 4 is 22.9 Å². The van der Waals surface area contributed by atoms with Gasteiger partial charge in [-0.25, -0.2) is 0 Å². The van der Waals surface area contributed by atoms with Gasteiger partial charge >= 0.3 is 0 Å². The van der Waals surface area contributed by atoms with E-state index in [1.165, 1.54) is 0 Å². The van der Waals surface area contributed by atoms with Crippen molar-refractivity contribution in [1.82, 2.24) is 4.98 Å². The summed E-state index contributed by atoms with van der Waals surface area (Å²) in [6.07, 6.45) is 3.05. The van der Waals surface area contributed by atoms with Gasteiger partial charge in [-0.3, -0.25) is 4.98 Å². The van der Waals surface area contributed by atoms with Crippen molar-refractivity contribution in [3.8, 4) is 5.75 Å². The van der Waals surface area contributed by atoms with Crippen LogP contribution in [-0.2, 0) is 0 Å². The van der Waals surface area contributed by atoms with E-state index in [1.54, 1.807) is 29.8 Å². The second-order valence-electron chi connectivity index (χ2n) is 3.24. The van der Waals surface area contributed by atoms with Crippen molar-refractivity contribution in [2.24, 2.45) is 5.73 Å². The number of aromatic nitrogens is 1. The molecule has 0 amide bonds. The second kappa shape index (κ2) is 5.30. The minimum Gasteiger partial charge on any atom is -0.483 e. The van der Waals surface area contributed by atoms with Crippen LogP contribution in [0.1, 0.15) is 11.7 Å². The van der Waals surface area contributed by atoms with E-state index >= 15 is 0 Å². The molecule has 0 aromatic carbocycles. The van der Waals surface area contributed by atoms with Crippen LogP contribution in [0.3, 0.4) is 0 Å². The third kappa shape index (κ3) is 2.72. The van der Waals surface area contributed by atoms with E-state index in [4.69, 9.17) is 22.1 Å². The van der Waals surface area contributed by atoms with Gasteiger partial charge in [0.15, 0.2) is 0 Å². The fraction of sp³-hybridized carbons (Fsp3) is 0.182. The Balaban J connectivity index is 2.13. The van der Waals surface area contributed by atoms with Crippen molar-refractivity contribution in [2.45, 2.75) is 6.10 Å². The Kier molecular flexibility index (Phi) is 3.77. The maximum absolute atomic E-state index is 5.82. The predicted octanol–water partition coefficient (Wildman–Crippen LogP) is 2.88. The fourth-order valence-corrected chi connectivity index (χ4v) is 2.20. The molecule has 3 nitrogen and oxygen atoms in total. The monoisotopic (exact) mass is 254 g/mol. The number of ether oxygens (including phenoxy) is 1. The molecule has 2 aromatic rings. The molecule has 0 aliphatic heterocycles. The average Bonchev–Trinajstić information content (AvgIpc) is 2.79. The summed E-state index contributed by atoms with van der Waals surface area (Å²) in [4.78, 5) is 3.96.